The van der Waals surface area contributed by atoms with Crippen LogP contribution in [0, 0.1) is 5.92 Å². The number of piperidine rings is 1. The highest BCUT2D eigenvalue weighted by Crippen LogP contribution is 2.22. The summed E-state index contributed by atoms with van der Waals surface area (Å²) >= 11 is 0. The van der Waals surface area contributed by atoms with Crippen LogP contribution >= 0.6 is 0 Å². The van der Waals surface area contributed by atoms with Gasteiger partial charge in [-0.3, -0.25) is 0 Å². The van der Waals surface area contributed by atoms with Crippen molar-refractivity contribution in [3.8, 4) is 0 Å². The molecule has 23 heavy (non-hydrogen) atoms. The van der Waals surface area contributed by atoms with Gasteiger partial charge < -0.3 is 15.0 Å². The molecule has 2 atom stereocenters. The third-order valence-electron chi connectivity index (χ3n) is 4.75. The van der Waals surface area contributed by atoms with Crippen LogP contribution in [0.1, 0.15) is 31.7 Å². The molecule has 4 heteroatoms. The minimum atomic E-state index is -0.205. The molecular formula is C19H26N2O2. The van der Waals surface area contributed by atoms with E-state index in [9.17, 15) is 4.79 Å². The third kappa shape index (κ3) is 4.35. The fraction of sp³-hybridized carbons (Fsp3) is 0.526. The highest BCUT2D eigenvalue weighted by Gasteiger charge is 2.26. The van der Waals surface area contributed by atoms with Crippen molar-refractivity contribution >= 4 is 6.09 Å². The molecule has 3 rings (SSSR count). The summed E-state index contributed by atoms with van der Waals surface area (Å²) < 4.78 is 5.46. The normalized spacial score (nSPS) is 24.9. The summed E-state index contributed by atoms with van der Waals surface area (Å²) in [5, 5.41) is 3.61. The van der Waals surface area contributed by atoms with Gasteiger partial charge in [0.2, 0.25) is 0 Å². The Morgan fingerprint density at radius 2 is 2.13 bits per heavy atom. The molecule has 0 spiro atoms. The summed E-state index contributed by atoms with van der Waals surface area (Å²) in [6, 6.07) is 10.3. The second-order valence-electron chi connectivity index (χ2n) is 6.67. The zero-order chi connectivity index (χ0) is 16.1. The van der Waals surface area contributed by atoms with Crippen LogP contribution in [0.15, 0.2) is 42.0 Å². The van der Waals surface area contributed by atoms with Gasteiger partial charge >= 0.3 is 6.09 Å². The van der Waals surface area contributed by atoms with Crippen molar-refractivity contribution in [2.45, 2.75) is 38.8 Å². The van der Waals surface area contributed by atoms with E-state index in [1.807, 2.05) is 35.2 Å². The first kappa shape index (κ1) is 16.1. The number of amides is 1. The lowest BCUT2D eigenvalue weighted by Gasteiger charge is -2.34. The summed E-state index contributed by atoms with van der Waals surface area (Å²) in [6.45, 7) is 5.14. The summed E-state index contributed by atoms with van der Waals surface area (Å²) in [4.78, 5) is 14.1. The van der Waals surface area contributed by atoms with E-state index in [-0.39, 0.29) is 6.09 Å². The van der Waals surface area contributed by atoms with E-state index >= 15 is 0 Å². The van der Waals surface area contributed by atoms with E-state index in [0.29, 0.717) is 19.2 Å². The summed E-state index contributed by atoms with van der Waals surface area (Å²) in [5.74, 6) is 0.752. The lowest BCUT2D eigenvalue weighted by Crippen LogP contribution is -2.45. The molecule has 0 aliphatic carbocycles. The third-order valence-corrected chi connectivity index (χ3v) is 4.75. The van der Waals surface area contributed by atoms with E-state index in [1.165, 1.54) is 18.4 Å². The molecule has 0 radical (unpaired) electrons. The van der Waals surface area contributed by atoms with Gasteiger partial charge in [0, 0.05) is 19.1 Å². The van der Waals surface area contributed by atoms with E-state index in [4.69, 9.17) is 4.74 Å². The first-order valence-electron chi connectivity index (χ1n) is 8.60. The first-order chi connectivity index (χ1) is 11.2. The van der Waals surface area contributed by atoms with Crippen LogP contribution in [0.4, 0.5) is 4.79 Å². The fourth-order valence-corrected chi connectivity index (χ4v) is 3.30. The smallest absolute Gasteiger partial charge is 0.410 e. The van der Waals surface area contributed by atoms with Gasteiger partial charge in [-0.1, -0.05) is 43.3 Å². The average molecular weight is 314 g/mol. The zero-order valence-corrected chi connectivity index (χ0v) is 13.8. The minimum absolute atomic E-state index is 0.205. The Morgan fingerprint density at radius 1 is 1.30 bits per heavy atom. The molecule has 1 amide bonds. The molecular weight excluding hydrogens is 288 g/mol. The first-order valence-corrected chi connectivity index (χ1v) is 8.60. The van der Waals surface area contributed by atoms with Crippen LogP contribution in [0.2, 0.25) is 0 Å². The van der Waals surface area contributed by atoms with Crippen molar-refractivity contribution in [3.05, 3.63) is 47.5 Å². The molecule has 1 fully saturated rings. The van der Waals surface area contributed by atoms with Crippen LogP contribution in [-0.4, -0.2) is 36.7 Å². The van der Waals surface area contributed by atoms with E-state index in [2.05, 4.69) is 18.3 Å². The molecule has 0 bridgehead atoms. The Kier molecular flexibility index (Phi) is 5.34. The molecule has 2 heterocycles. The number of carbonyl (C=O) groups is 1. The number of hydrogen-bond donors (Lipinski definition) is 1. The highest BCUT2D eigenvalue weighted by atomic mass is 16.6. The topological polar surface area (TPSA) is 41.6 Å². The standard InChI is InChI=1S/C19H26N2O2/c1-15-9-10-18(20-12-15)17-8-5-11-21(13-17)19(22)23-14-16-6-3-2-4-7-16/h2-4,6-8,15,18,20H,5,9-14H2,1H3/t15-,18+/m0/s1. The number of nitrogens with one attached hydrogen (secondary N) is 1. The monoisotopic (exact) mass is 314 g/mol. The minimum Gasteiger partial charge on any atom is -0.445 e. The predicted octanol–water partition coefficient (Wildman–Crippen LogP) is 3.34. The van der Waals surface area contributed by atoms with Crippen molar-refractivity contribution in [1.29, 1.82) is 0 Å². The number of rotatable bonds is 3. The maximum absolute atomic E-state index is 12.3. The van der Waals surface area contributed by atoms with Crippen LogP contribution < -0.4 is 5.32 Å². The number of benzene rings is 1. The van der Waals surface area contributed by atoms with Crippen molar-refractivity contribution in [2.24, 2.45) is 5.92 Å². The number of carbonyl (C=O) groups excluding carboxylic acids is 1. The summed E-state index contributed by atoms with van der Waals surface area (Å²) in [6.07, 6.45) is 5.44. The largest absolute Gasteiger partial charge is 0.445 e. The zero-order valence-electron chi connectivity index (χ0n) is 13.8. The van der Waals surface area contributed by atoms with Crippen LogP contribution in [0.3, 0.4) is 0 Å². The Morgan fingerprint density at radius 3 is 2.87 bits per heavy atom. The Balaban J connectivity index is 1.51. The van der Waals surface area contributed by atoms with Gasteiger partial charge in [0.05, 0.1) is 0 Å². The van der Waals surface area contributed by atoms with Crippen LogP contribution in [0.5, 0.6) is 0 Å². The maximum Gasteiger partial charge on any atom is 0.410 e. The van der Waals surface area contributed by atoms with Crippen molar-refractivity contribution in [3.63, 3.8) is 0 Å². The Labute approximate surface area is 138 Å². The van der Waals surface area contributed by atoms with E-state index in [0.717, 1.165) is 31.0 Å². The number of nitrogens with zero attached hydrogens (tertiary/aromatic N) is 1. The number of hydrogen-bond acceptors (Lipinski definition) is 3. The average Bonchev–Trinajstić information content (AvgIpc) is 2.61. The SMILES string of the molecule is C[C@H]1CC[C@H](C2=CCCN(C(=O)OCc3ccccc3)C2)NC1. The van der Waals surface area contributed by atoms with Gasteiger partial charge in [0.15, 0.2) is 0 Å². The molecule has 2 aliphatic rings. The molecule has 4 nitrogen and oxygen atoms in total. The Bertz CT molecular complexity index is 548. The highest BCUT2D eigenvalue weighted by molar-refractivity contribution is 5.68. The molecule has 1 saturated heterocycles. The lowest BCUT2D eigenvalue weighted by atomic mass is 9.90. The Hall–Kier alpha value is -1.81. The van der Waals surface area contributed by atoms with Gasteiger partial charge in [-0.25, -0.2) is 4.79 Å². The summed E-state index contributed by atoms with van der Waals surface area (Å²) in [7, 11) is 0. The van der Waals surface area contributed by atoms with Gasteiger partial charge in [-0.05, 0) is 42.9 Å². The van der Waals surface area contributed by atoms with Gasteiger partial charge in [-0.15, -0.1) is 0 Å². The molecule has 0 aromatic heterocycles. The molecule has 2 aliphatic heterocycles. The van der Waals surface area contributed by atoms with E-state index in [1.54, 1.807) is 0 Å². The molecule has 1 aromatic rings. The van der Waals surface area contributed by atoms with Gasteiger partial charge in [0.25, 0.3) is 0 Å². The van der Waals surface area contributed by atoms with Gasteiger partial charge in [-0.2, -0.15) is 0 Å². The fourth-order valence-electron chi connectivity index (χ4n) is 3.30. The van der Waals surface area contributed by atoms with E-state index < -0.39 is 0 Å². The van der Waals surface area contributed by atoms with Crippen LogP contribution in [0.25, 0.3) is 0 Å². The quantitative estimate of drug-likeness (QED) is 0.870. The molecule has 1 aromatic carbocycles. The maximum atomic E-state index is 12.3. The predicted molar refractivity (Wildman–Crippen MR) is 91.1 cm³/mol. The van der Waals surface area contributed by atoms with Gasteiger partial charge in [0.1, 0.15) is 6.61 Å². The van der Waals surface area contributed by atoms with Crippen molar-refractivity contribution < 1.29 is 9.53 Å². The van der Waals surface area contributed by atoms with Crippen molar-refractivity contribution in [1.82, 2.24) is 10.2 Å². The molecule has 124 valence electrons. The van der Waals surface area contributed by atoms with Crippen molar-refractivity contribution in [2.75, 3.05) is 19.6 Å². The summed E-state index contributed by atoms with van der Waals surface area (Å²) in [5.41, 5.74) is 2.37. The lowest BCUT2D eigenvalue weighted by molar-refractivity contribution is 0.0972. The van der Waals surface area contributed by atoms with Crippen LogP contribution in [-0.2, 0) is 11.3 Å². The second kappa shape index (κ2) is 7.64. The molecule has 1 N–H and O–H groups in total. The molecule has 0 saturated carbocycles. The second-order valence-corrected chi connectivity index (χ2v) is 6.67. The number of ether oxygens (including phenoxy) is 1. The molecule has 0 unspecified atom stereocenters.